The third-order valence-electron chi connectivity index (χ3n) is 4.83. The van der Waals surface area contributed by atoms with Gasteiger partial charge in [-0.2, -0.15) is 0 Å². The molecule has 0 bridgehead atoms. The zero-order chi connectivity index (χ0) is 17.9. The van der Waals surface area contributed by atoms with Crippen molar-refractivity contribution in [1.82, 2.24) is 15.2 Å². The van der Waals surface area contributed by atoms with E-state index in [1.807, 2.05) is 24.3 Å². The molecule has 144 valence electrons. The van der Waals surface area contributed by atoms with Gasteiger partial charge in [0.25, 0.3) is 0 Å². The molecule has 3 aromatic rings. The largest absolute Gasteiger partial charge is 0.497 e. The van der Waals surface area contributed by atoms with Crippen LogP contribution in [0, 0.1) is 0 Å². The summed E-state index contributed by atoms with van der Waals surface area (Å²) < 4.78 is 12.1. The molecule has 1 aliphatic heterocycles. The van der Waals surface area contributed by atoms with Gasteiger partial charge in [-0.15, -0.1) is 23.7 Å². The lowest BCUT2D eigenvalue weighted by molar-refractivity contribution is 0.151. The number of nitrogens with zero attached hydrogens (tertiary/aromatic N) is 2. The molecule has 0 aliphatic carbocycles. The van der Waals surface area contributed by atoms with Crippen molar-refractivity contribution in [2.75, 3.05) is 33.9 Å². The third kappa shape index (κ3) is 4.19. The van der Waals surface area contributed by atoms with Crippen molar-refractivity contribution in [2.45, 2.75) is 12.6 Å². The minimum atomic E-state index is 0. The molecule has 1 saturated heterocycles. The summed E-state index contributed by atoms with van der Waals surface area (Å²) >= 11 is 1.74. The zero-order valence-corrected chi connectivity index (χ0v) is 17.1. The lowest BCUT2D eigenvalue weighted by Crippen LogP contribution is -2.45. The van der Waals surface area contributed by atoms with Crippen LogP contribution >= 0.6 is 23.7 Å². The summed E-state index contributed by atoms with van der Waals surface area (Å²) in [7, 11) is 3.43. The highest BCUT2D eigenvalue weighted by molar-refractivity contribution is 7.18. The second-order valence-corrected chi connectivity index (χ2v) is 7.49. The van der Waals surface area contributed by atoms with Crippen molar-refractivity contribution >= 4 is 34.0 Å². The Labute approximate surface area is 169 Å². The van der Waals surface area contributed by atoms with Gasteiger partial charge in [0.05, 0.1) is 37.0 Å². The van der Waals surface area contributed by atoms with E-state index < -0.39 is 0 Å². The quantitative estimate of drug-likeness (QED) is 0.697. The predicted octanol–water partition coefficient (Wildman–Crippen LogP) is 3.88. The molecule has 1 unspecified atom stereocenters. The Balaban J connectivity index is 0.00000210. The molecule has 4 rings (SSSR count). The second-order valence-electron chi connectivity index (χ2n) is 6.37. The highest BCUT2D eigenvalue weighted by Crippen LogP contribution is 2.33. The number of ether oxygens (including phenoxy) is 2. The lowest BCUT2D eigenvalue weighted by atomic mass is 10.0. The molecule has 2 aromatic carbocycles. The molecule has 0 amide bonds. The molecule has 0 saturated carbocycles. The number of aromatic nitrogens is 1. The first-order valence-corrected chi connectivity index (χ1v) is 9.61. The molecular formula is C20H24ClN3O2S. The number of benzene rings is 2. The van der Waals surface area contributed by atoms with Gasteiger partial charge in [-0.25, -0.2) is 4.98 Å². The molecule has 5 nitrogen and oxygen atoms in total. The number of methoxy groups -OCH3 is 2. The molecule has 1 N–H and O–H groups in total. The summed E-state index contributed by atoms with van der Waals surface area (Å²) in [5.41, 5.74) is 2.26. The molecule has 1 aromatic heterocycles. The van der Waals surface area contributed by atoms with Crippen LogP contribution in [0.3, 0.4) is 0 Å². The van der Waals surface area contributed by atoms with Gasteiger partial charge in [0.2, 0.25) is 0 Å². The minimum Gasteiger partial charge on any atom is -0.497 e. The van der Waals surface area contributed by atoms with E-state index >= 15 is 0 Å². The Morgan fingerprint density at radius 1 is 1.19 bits per heavy atom. The van der Waals surface area contributed by atoms with Gasteiger partial charge in [-0.1, -0.05) is 18.2 Å². The number of para-hydroxylation sites is 1. The average Bonchev–Trinajstić information content (AvgIpc) is 3.09. The second kappa shape index (κ2) is 8.89. The maximum atomic E-state index is 5.59. The summed E-state index contributed by atoms with van der Waals surface area (Å²) in [6.07, 6.45) is 0. The monoisotopic (exact) mass is 405 g/mol. The van der Waals surface area contributed by atoms with Gasteiger partial charge in [0.15, 0.2) is 0 Å². The molecule has 1 atom stereocenters. The fourth-order valence-electron chi connectivity index (χ4n) is 3.50. The molecule has 0 spiro atoms. The van der Waals surface area contributed by atoms with Crippen molar-refractivity contribution in [2.24, 2.45) is 0 Å². The van der Waals surface area contributed by atoms with Crippen LogP contribution in [0.1, 0.15) is 16.6 Å². The molecular weight excluding hydrogens is 382 g/mol. The number of piperazine rings is 1. The molecule has 1 fully saturated rings. The summed E-state index contributed by atoms with van der Waals surface area (Å²) in [5.74, 6) is 1.82. The Bertz CT molecular complexity index is 902. The van der Waals surface area contributed by atoms with Gasteiger partial charge in [0.1, 0.15) is 16.5 Å². The summed E-state index contributed by atoms with van der Waals surface area (Å²) in [5, 5.41) is 4.65. The zero-order valence-electron chi connectivity index (χ0n) is 15.5. The van der Waals surface area contributed by atoms with Crippen LogP contribution in [0.2, 0.25) is 0 Å². The molecule has 1 aliphatic rings. The van der Waals surface area contributed by atoms with E-state index in [-0.39, 0.29) is 18.4 Å². The normalized spacial score (nSPS) is 17.5. The van der Waals surface area contributed by atoms with Crippen LogP contribution in [0.5, 0.6) is 11.5 Å². The van der Waals surface area contributed by atoms with Crippen LogP contribution in [-0.2, 0) is 6.54 Å². The number of halogens is 1. The van der Waals surface area contributed by atoms with Crippen molar-refractivity contribution < 1.29 is 9.47 Å². The Hall–Kier alpha value is -1.86. The van der Waals surface area contributed by atoms with E-state index in [9.17, 15) is 0 Å². The molecule has 27 heavy (non-hydrogen) atoms. The van der Waals surface area contributed by atoms with Gasteiger partial charge >= 0.3 is 0 Å². The number of nitrogens with one attached hydrogen (secondary N) is 1. The molecule has 2 heterocycles. The number of hydrogen-bond acceptors (Lipinski definition) is 6. The van der Waals surface area contributed by atoms with Crippen LogP contribution < -0.4 is 14.8 Å². The first-order chi connectivity index (χ1) is 12.8. The Morgan fingerprint density at radius 3 is 2.85 bits per heavy atom. The van der Waals surface area contributed by atoms with Crippen LogP contribution in [0.15, 0.2) is 42.5 Å². The van der Waals surface area contributed by atoms with Crippen molar-refractivity contribution in [3.05, 3.63) is 53.0 Å². The van der Waals surface area contributed by atoms with E-state index in [1.165, 1.54) is 10.3 Å². The maximum Gasteiger partial charge on any atom is 0.123 e. The standard InChI is InChI=1S/C20H23N3O2S.ClH/c1-24-14-7-8-16-19(11-14)26-20(22-16)13-23-10-9-21-12-17(23)15-5-3-4-6-18(15)25-2;/h3-8,11,17,21H,9-10,12-13H2,1-2H3;1H. The summed E-state index contributed by atoms with van der Waals surface area (Å²) in [6, 6.07) is 14.6. The highest BCUT2D eigenvalue weighted by atomic mass is 35.5. The van der Waals surface area contributed by atoms with E-state index in [0.29, 0.717) is 0 Å². The van der Waals surface area contributed by atoms with Gasteiger partial charge in [0, 0.05) is 25.2 Å². The lowest BCUT2D eigenvalue weighted by Gasteiger charge is -2.36. The average molecular weight is 406 g/mol. The van der Waals surface area contributed by atoms with Crippen LogP contribution in [0.4, 0.5) is 0 Å². The summed E-state index contributed by atoms with van der Waals surface area (Å²) in [4.78, 5) is 7.31. The van der Waals surface area contributed by atoms with E-state index in [1.54, 1.807) is 25.6 Å². The number of rotatable bonds is 5. The van der Waals surface area contributed by atoms with Crippen molar-refractivity contribution in [1.29, 1.82) is 0 Å². The first kappa shape index (κ1) is 19.9. The topological polar surface area (TPSA) is 46.6 Å². The predicted molar refractivity (Wildman–Crippen MR) is 112 cm³/mol. The Kier molecular flexibility index (Phi) is 6.55. The van der Waals surface area contributed by atoms with E-state index in [0.717, 1.165) is 48.2 Å². The first-order valence-electron chi connectivity index (χ1n) is 8.79. The van der Waals surface area contributed by atoms with Gasteiger partial charge in [-0.3, -0.25) is 4.90 Å². The SMILES string of the molecule is COc1ccc2nc(CN3CCNCC3c3ccccc3OC)sc2c1.Cl. The van der Waals surface area contributed by atoms with Crippen molar-refractivity contribution in [3.8, 4) is 11.5 Å². The van der Waals surface area contributed by atoms with Crippen LogP contribution in [0.25, 0.3) is 10.2 Å². The van der Waals surface area contributed by atoms with Crippen LogP contribution in [-0.4, -0.2) is 43.7 Å². The number of fused-ring (bicyclic) bond motifs is 1. The third-order valence-corrected chi connectivity index (χ3v) is 5.83. The van der Waals surface area contributed by atoms with Gasteiger partial charge < -0.3 is 14.8 Å². The van der Waals surface area contributed by atoms with E-state index in [4.69, 9.17) is 14.5 Å². The number of thiazole rings is 1. The smallest absolute Gasteiger partial charge is 0.123 e. The highest BCUT2D eigenvalue weighted by Gasteiger charge is 2.27. The maximum absolute atomic E-state index is 5.59. The molecule has 7 heteroatoms. The minimum absolute atomic E-state index is 0. The van der Waals surface area contributed by atoms with E-state index in [2.05, 4.69) is 28.4 Å². The van der Waals surface area contributed by atoms with Crippen molar-refractivity contribution in [3.63, 3.8) is 0 Å². The molecule has 0 radical (unpaired) electrons. The fourth-order valence-corrected chi connectivity index (χ4v) is 4.53. The summed E-state index contributed by atoms with van der Waals surface area (Å²) in [6.45, 7) is 3.73. The Morgan fingerprint density at radius 2 is 2.04 bits per heavy atom. The van der Waals surface area contributed by atoms with Gasteiger partial charge in [-0.05, 0) is 24.3 Å². The fraction of sp³-hybridized carbons (Fsp3) is 0.350. The number of hydrogen-bond donors (Lipinski definition) is 1.